The Bertz CT molecular complexity index is 1150. The second kappa shape index (κ2) is 8.08. The molecule has 3 rings (SSSR count). The van der Waals surface area contributed by atoms with Gasteiger partial charge in [0.1, 0.15) is 17.6 Å². The van der Waals surface area contributed by atoms with E-state index in [9.17, 15) is 13.2 Å². The van der Waals surface area contributed by atoms with Crippen LogP contribution in [0.2, 0.25) is 0 Å². The van der Waals surface area contributed by atoms with Gasteiger partial charge in [0.15, 0.2) is 9.84 Å². The largest absolute Gasteiger partial charge is 0.497 e. The van der Waals surface area contributed by atoms with E-state index >= 15 is 0 Å². The van der Waals surface area contributed by atoms with Crippen molar-refractivity contribution in [2.45, 2.75) is 17.9 Å². The van der Waals surface area contributed by atoms with Gasteiger partial charge in [-0.05, 0) is 42.3 Å². The molecule has 1 N–H and O–H groups in total. The Morgan fingerprint density at radius 1 is 1.21 bits per heavy atom. The maximum Gasteiger partial charge on any atom is 0.252 e. The van der Waals surface area contributed by atoms with Gasteiger partial charge in [0.05, 0.1) is 12.0 Å². The number of carbonyl (C=O) groups excluding carboxylic acids is 1. The van der Waals surface area contributed by atoms with Crippen LogP contribution in [0.25, 0.3) is 0 Å². The molecule has 0 aliphatic rings. The molecule has 0 aliphatic heterocycles. The summed E-state index contributed by atoms with van der Waals surface area (Å²) in [7, 11) is -0.00682. The fraction of sp³-hybridized carbons (Fsp3) is 0.238. The predicted molar refractivity (Wildman–Crippen MR) is 110 cm³/mol. The Morgan fingerprint density at radius 3 is 2.59 bits per heavy atom. The molecule has 0 aliphatic carbocycles. The number of carbonyl (C=O) groups is 1. The highest BCUT2D eigenvalue weighted by Gasteiger charge is 2.23. The first-order valence-corrected chi connectivity index (χ1v) is 10.8. The zero-order valence-corrected chi connectivity index (χ0v) is 17.5. The summed E-state index contributed by atoms with van der Waals surface area (Å²) in [5.74, 6) is 0.915. The van der Waals surface area contributed by atoms with Crippen molar-refractivity contribution in [3.63, 3.8) is 0 Å². The topological polar surface area (TPSA) is 90.3 Å². The minimum absolute atomic E-state index is 0.100. The third-order valence-corrected chi connectivity index (χ3v) is 5.81. The number of hydrogen-bond donors (Lipinski definition) is 1. The molecule has 1 amide bonds. The second-order valence-electron chi connectivity index (χ2n) is 6.83. The summed E-state index contributed by atoms with van der Waals surface area (Å²) in [6.07, 6.45) is 4.57. The molecular weight excluding hydrogens is 390 g/mol. The Morgan fingerprint density at radius 2 is 1.97 bits per heavy atom. The average molecular weight is 413 g/mol. The molecule has 29 heavy (non-hydrogen) atoms. The van der Waals surface area contributed by atoms with Crippen molar-refractivity contribution in [2.24, 2.45) is 7.05 Å². The van der Waals surface area contributed by atoms with Gasteiger partial charge in [0, 0.05) is 31.3 Å². The first kappa shape index (κ1) is 20.6. The number of aryl methyl sites for hydroxylation is 2. The number of methoxy groups -OCH3 is 1. The Labute approximate surface area is 170 Å². The number of rotatable bonds is 6. The lowest BCUT2D eigenvalue weighted by Crippen LogP contribution is -2.31. The molecule has 0 spiro atoms. The molecule has 0 saturated carbocycles. The fourth-order valence-electron chi connectivity index (χ4n) is 3.06. The summed E-state index contributed by atoms with van der Waals surface area (Å²) in [4.78, 5) is 17.6. The van der Waals surface area contributed by atoms with Crippen molar-refractivity contribution in [1.82, 2.24) is 14.9 Å². The summed E-state index contributed by atoms with van der Waals surface area (Å²) < 4.78 is 30.9. The van der Waals surface area contributed by atoms with E-state index in [0.29, 0.717) is 22.7 Å². The number of hydrogen-bond acceptors (Lipinski definition) is 5. The van der Waals surface area contributed by atoms with Crippen molar-refractivity contribution in [1.29, 1.82) is 0 Å². The van der Waals surface area contributed by atoms with Crippen LogP contribution >= 0.6 is 0 Å². The number of benzene rings is 2. The highest BCUT2D eigenvalue weighted by molar-refractivity contribution is 7.90. The molecule has 152 valence electrons. The van der Waals surface area contributed by atoms with Crippen LogP contribution in [-0.4, -0.2) is 37.2 Å². The normalized spacial score (nSPS) is 12.4. The Hall–Kier alpha value is -3.13. The van der Waals surface area contributed by atoms with Crippen LogP contribution in [0.15, 0.2) is 59.8 Å². The van der Waals surface area contributed by atoms with E-state index in [4.69, 9.17) is 4.74 Å². The number of amides is 1. The van der Waals surface area contributed by atoms with Gasteiger partial charge in [-0.2, -0.15) is 0 Å². The minimum Gasteiger partial charge on any atom is -0.497 e. The highest BCUT2D eigenvalue weighted by Crippen LogP contribution is 2.25. The summed E-state index contributed by atoms with van der Waals surface area (Å²) >= 11 is 0. The maximum absolute atomic E-state index is 13.1. The van der Waals surface area contributed by atoms with Crippen molar-refractivity contribution in [2.75, 3.05) is 13.4 Å². The fourth-order valence-corrected chi connectivity index (χ4v) is 3.71. The summed E-state index contributed by atoms with van der Waals surface area (Å²) in [5, 5.41) is 2.99. The summed E-state index contributed by atoms with van der Waals surface area (Å²) in [6.45, 7) is 1.77. The first-order valence-electron chi connectivity index (χ1n) is 8.93. The number of imidazole rings is 1. The number of sulfone groups is 1. The van der Waals surface area contributed by atoms with E-state index in [1.54, 1.807) is 32.5 Å². The zero-order valence-electron chi connectivity index (χ0n) is 16.7. The Kier molecular flexibility index (Phi) is 5.74. The van der Waals surface area contributed by atoms with E-state index in [1.165, 1.54) is 12.1 Å². The van der Waals surface area contributed by atoms with Gasteiger partial charge in [0.2, 0.25) is 0 Å². The van der Waals surface area contributed by atoms with Gasteiger partial charge in [-0.1, -0.05) is 18.2 Å². The van der Waals surface area contributed by atoms with Gasteiger partial charge >= 0.3 is 0 Å². The van der Waals surface area contributed by atoms with Crippen LogP contribution in [0, 0.1) is 6.92 Å². The van der Waals surface area contributed by atoms with E-state index < -0.39 is 15.9 Å². The maximum atomic E-state index is 13.1. The van der Waals surface area contributed by atoms with Crippen molar-refractivity contribution >= 4 is 15.7 Å². The van der Waals surface area contributed by atoms with Crippen LogP contribution in [-0.2, 0) is 16.9 Å². The van der Waals surface area contributed by atoms with Crippen molar-refractivity contribution < 1.29 is 17.9 Å². The van der Waals surface area contributed by atoms with E-state index in [0.717, 1.165) is 11.8 Å². The Balaban J connectivity index is 2.03. The number of nitrogens with one attached hydrogen (secondary N) is 1. The van der Waals surface area contributed by atoms with Crippen LogP contribution in [0.5, 0.6) is 5.75 Å². The quantitative estimate of drug-likeness (QED) is 0.671. The van der Waals surface area contributed by atoms with E-state index in [2.05, 4.69) is 10.3 Å². The molecule has 1 heterocycles. The van der Waals surface area contributed by atoms with E-state index in [-0.39, 0.29) is 10.8 Å². The molecule has 0 saturated heterocycles. The third kappa shape index (κ3) is 4.48. The van der Waals surface area contributed by atoms with Crippen LogP contribution in [0.3, 0.4) is 0 Å². The monoisotopic (exact) mass is 413 g/mol. The number of ether oxygens (including phenoxy) is 1. The SMILES string of the molecule is COc1cccc(C(NC(=O)c2cc(S(C)(=O)=O)ccc2C)c2nccn2C)c1. The smallest absolute Gasteiger partial charge is 0.252 e. The lowest BCUT2D eigenvalue weighted by atomic mass is 10.0. The minimum atomic E-state index is -3.43. The number of nitrogens with zero attached hydrogens (tertiary/aromatic N) is 2. The summed E-state index contributed by atoms with van der Waals surface area (Å²) in [5.41, 5.74) is 1.78. The van der Waals surface area contributed by atoms with Gasteiger partial charge in [-0.3, -0.25) is 4.79 Å². The molecule has 3 aromatic rings. The molecule has 0 bridgehead atoms. The average Bonchev–Trinajstić information content (AvgIpc) is 3.11. The van der Waals surface area contributed by atoms with Gasteiger partial charge in [0.25, 0.3) is 5.91 Å². The van der Waals surface area contributed by atoms with Crippen LogP contribution < -0.4 is 10.1 Å². The standard InChI is InChI=1S/C21H23N3O4S/c1-14-8-9-17(29(4,26)27)13-18(14)21(25)23-19(20-22-10-11-24(20)2)15-6-5-7-16(12-15)28-3/h5-13,19H,1-4H3,(H,23,25). The van der Waals surface area contributed by atoms with E-state index in [1.807, 2.05) is 35.9 Å². The highest BCUT2D eigenvalue weighted by atomic mass is 32.2. The summed E-state index contributed by atoms with van der Waals surface area (Å²) in [6, 6.07) is 11.4. The molecule has 8 heteroatoms. The van der Waals surface area contributed by atoms with Crippen molar-refractivity contribution in [3.8, 4) is 5.75 Å². The van der Waals surface area contributed by atoms with Crippen LogP contribution in [0.4, 0.5) is 0 Å². The van der Waals surface area contributed by atoms with Gasteiger partial charge in [-0.15, -0.1) is 0 Å². The molecule has 1 aromatic heterocycles. The van der Waals surface area contributed by atoms with Crippen LogP contribution in [0.1, 0.15) is 33.4 Å². The molecule has 7 nitrogen and oxygen atoms in total. The van der Waals surface area contributed by atoms with Crippen molar-refractivity contribution in [3.05, 3.63) is 77.4 Å². The van der Waals surface area contributed by atoms with Gasteiger partial charge < -0.3 is 14.6 Å². The molecular formula is C21H23N3O4S. The molecule has 1 unspecified atom stereocenters. The first-order chi connectivity index (χ1) is 13.7. The zero-order chi connectivity index (χ0) is 21.2. The second-order valence-corrected chi connectivity index (χ2v) is 8.84. The number of aromatic nitrogens is 2. The third-order valence-electron chi connectivity index (χ3n) is 4.70. The van der Waals surface area contributed by atoms with Gasteiger partial charge in [-0.25, -0.2) is 13.4 Å². The lowest BCUT2D eigenvalue weighted by Gasteiger charge is -2.20. The lowest BCUT2D eigenvalue weighted by molar-refractivity contribution is 0.0940. The molecule has 0 radical (unpaired) electrons. The predicted octanol–water partition coefficient (Wildman–Crippen LogP) is 2.66. The molecule has 2 aromatic carbocycles. The molecule has 0 fully saturated rings. The molecule has 1 atom stereocenters.